The second-order valence-corrected chi connectivity index (χ2v) is 9.85. The highest BCUT2D eigenvalue weighted by Gasteiger charge is 2.25. The van der Waals surface area contributed by atoms with Gasteiger partial charge >= 0.3 is 0 Å². The van der Waals surface area contributed by atoms with Crippen molar-refractivity contribution >= 4 is 40.7 Å². The first-order chi connectivity index (χ1) is 15.3. The molecule has 2 atom stereocenters. The normalized spacial score (nSPS) is 18.5. The van der Waals surface area contributed by atoms with Crippen molar-refractivity contribution in [2.75, 3.05) is 0 Å². The first kappa shape index (κ1) is 23.2. The van der Waals surface area contributed by atoms with Crippen molar-refractivity contribution in [2.45, 2.75) is 52.1 Å². The summed E-state index contributed by atoms with van der Waals surface area (Å²) < 4.78 is 1.82. The highest BCUT2D eigenvalue weighted by molar-refractivity contribution is 6.42. The number of rotatable bonds is 5. The fraction of sp³-hybridized carbons (Fsp3) is 0.360. The molecule has 1 saturated carbocycles. The Morgan fingerprint density at radius 1 is 1.03 bits per heavy atom. The van der Waals surface area contributed by atoms with E-state index < -0.39 is 0 Å². The topological polar surface area (TPSA) is 46.9 Å². The highest BCUT2D eigenvalue weighted by atomic mass is 35.5. The minimum atomic E-state index is -0.147. The van der Waals surface area contributed by atoms with Crippen LogP contribution in [0.15, 0.2) is 42.5 Å². The summed E-state index contributed by atoms with van der Waals surface area (Å²) in [7, 11) is 0. The van der Waals surface area contributed by atoms with E-state index in [1.807, 2.05) is 41.9 Å². The Morgan fingerprint density at radius 3 is 2.53 bits per heavy atom. The number of benzene rings is 2. The predicted molar refractivity (Wildman–Crippen MR) is 132 cm³/mol. The number of amides is 1. The van der Waals surface area contributed by atoms with Crippen LogP contribution in [0.2, 0.25) is 15.1 Å². The van der Waals surface area contributed by atoms with Crippen LogP contribution in [0.25, 0.3) is 11.3 Å². The van der Waals surface area contributed by atoms with Crippen molar-refractivity contribution in [1.29, 1.82) is 0 Å². The third-order valence-electron chi connectivity index (χ3n) is 6.22. The van der Waals surface area contributed by atoms with E-state index in [4.69, 9.17) is 34.8 Å². The third kappa shape index (κ3) is 5.14. The van der Waals surface area contributed by atoms with Gasteiger partial charge in [-0.15, -0.1) is 0 Å². The second kappa shape index (κ2) is 9.86. The number of carbonyl (C=O) groups excluding carboxylic acids is 1. The molecule has 1 N–H and O–H groups in total. The van der Waals surface area contributed by atoms with Crippen molar-refractivity contribution in [3.05, 3.63) is 74.4 Å². The molecule has 7 heteroatoms. The Balaban J connectivity index is 1.67. The molecule has 2 aromatic carbocycles. The number of hydrogen-bond donors (Lipinski definition) is 1. The Hall–Kier alpha value is -2.01. The zero-order valence-corrected chi connectivity index (χ0v) is 20.4. The van der Waals surface area contributed by atoms with Gasteiger partial charge in [-0.05, 0) is 61.1 Å². The van der Waals surface area contributed by atoms with Gasteiger partial charge in [0, 0.05) is 16.6 Å². The standard InChI is InChI=1S/C25H26Cl3N3O/c1-15-7-8-17(11-20(15)27)14-31-24(18-9-10-19(26)21(28)12-18)13-23(30-31)25(32)29-22-6-4-3-5-16(22)2/h7-13,16,22H,3-6,14H2,1-2H3,(H,29,32). The number of hydrogen-bond acceptors (Lipinski definition) is 2. The van der Waals surface area contributed by atoms with Crippen LogP contribution in [-0.2, 0) is 6.54 Å². The van der Waals surface area contributed by atoms with E-state index in [0.29, 0.717) is 33.2 Å². The van der Waals surface area contributed by atoms with Crippen molar-refractivity contribution < 1.29 is 4.79 Å². The summed E-state index contributed by atoms with van der Waals surface area (Å²) in [6.07, 6.45) is 4.52. The number of nitrogens with zero attached hydrogens (tertiary/aromatic N) is 2. The van der Waals surface area contributed by atoms with E-state index in [-0.39, 0.29) is 11.9 Å². The summed E-state index contributed by atoms with van der Waals surface area (Å²) in [5.74, 6) is 0.324. The summed E-state index contributed by atoms with van der Waals surface area (Å²) in [5.41, 5.74) is 4.04. The molecule has 2 unspecified atom stereocenters. The Morgan fingerprint density at radius 2 is 1.81 bits per heavy atom. The molecular weight excluding hydrogens is 465 g/mol. The molecule has 0 spiro atoms. The largest absolute Gasteiger partial charge is 0.348 e. The van der Waals surface area contributed by atoms with Crippen molar-refractivity contribution in [3.8, 4) is 11.3 Å². The molecule has 0 aliphatic heterocycles. The van der Waals surface area contributed by atoms with Gasteiger partial charge in [0.1, 0.15) is 0 Å². The molecule has 1 amide bonds. The summed E-state index contributed by atoms with van der Waals surface area (Å²) in [4.78, 5) is 13.1. The molecule has 1 aliphatic carbocycles. The minimum absolute atomic E-state index is 0.147. The highest BCUT2D eigenvalue weighted by Crippen LogP contribution is 2.30. The molecule has 0 saturated heterocycles. The van der Waals surface area contributed by atoms with E-state index in [1.54, 1.807) is 12.1 Å². The molecule has 32 heavy (non-hydrogen) atoms. The number of halogens is 3. The van der Waals surface area contributed by atoms with Crippen LogP contribution in [0.5, 0.6) is 0 Å². The predicted octanol–water partition coefficient (Wildman–Crippen LogP) is 7.18. The molecular formula is C25H26Cl3N3O. The van der Waals surface area contributed by atoms with Crippen LogP contribution in [0, 0.1) is 12.8 Å². The molecule has 1 heterocycles. The lowest BCUT2D eigenvalue weighted by Crippen LogP contribution is -2.41. The molecule has 1 aromatic heterocycles. The van der Waals surface area contributed by atoms with Crippen molar-refractivity contribution in [2.24, 2.45) is 5.92 Å². The second-order valence-electron chi connectivity index (χ2n) is 8.63. The molecule has 4 nitrogen and oxygen atoms in total. The van der Waals surface area contributed by atoms with Crippen LogP contribution in [0.4, 0.5) is 0 Å². The quantitative estimate of drug-likeness (QED) is 0.412. The number of aromatic nitrogens is 2. The van der Waals surface area contributed by atoms with E-state index in [0.717, 1.165) is 41.6 Å². The lowest BCUT2D eigenvalue weighted by Gasteiger charge is -2.29. The smallest absolute Gasteiger partial charge is 0.272 e. The molecule has 1 fully saturated rings. The third-order valence-corrected chi connectivity index (χ3v) is 7.37. The molecule has 0 radical (unpaired) electrons. The molecule has 168 valence electrons. The van der Waals surface area contributed by atoms with Gasteiger partial charge in [0.05, 0.1) is 22.3 Å². The number of aryl methyl sites for hydroxylation is 1. The van der Waals surface area contributed by atoms with Gasteiger partial charge in [-0.25, -0.2) is 0 Å². The maximum absolute atomic E-state index is 13.1. The molecule has 4 rings (SSSR count). The van der Waals surface area contributed by atoms with Gasteiger partial charge in [-0.1, -0.05) is 72.8 Å². The maximum atomic E-state index is 13.1. The molecule has 3 aromatic rings. The van der Waals surface area contributed by atoms with Gasteiger partial charge in [0.25, 0.3) is 5.91 Å². The van der Waals surface area contributed by atoms with E-state index in [1.165, 1.54) is 6.42 Å². The zero-order chi connectivity index (χ0) is 22.8. The van der Waals surface area contributed by atoms with Crippen molar-refractivity contribution in [3.63, 3.8) is 0 Å². The maximum Gasteiger partial charge on any atom is 0.272 e. The number of nitrogens with one attached hydrogen (secondary N) is 1. The average Bonchev–Trinajstić information content (AvgIpc) is 3.18. The Bertz CT molecular complexity index is 1140. The van der Waals surface area contributed by atoms with E-state index in [9.17, 15) is 4.79 Å². The van der Waals surface area contributed by atoms with E-state index in [2.05, 4.69) is 17.3 Å². The van der Waals surface area contributed by atoms with Gasteiger partial charge in [0.15, 0.2) is 5.69 Å². The Kier molecular flexibility index (Phi) is 7.14. The van der Waals surface area contributed by atoms with Crippen LogP contribution in [-0.4, -0.2) is 21.7 Å². The minimum Gasteiger partial charge on any atom is -0.348 e. The van der Waals surface area contributed by atoms with Crippen LogP contribution >= 0.6 is 34.8 Å². The summed E-state index contributed by atoms with van der Waals surface area (Å²) in [6, 6.07) is 13.4. The fourth-order valence-electron chi connectivity index (χ4n) is 4.22. The van der Waals surface area contributed by atoms with Crippen LogP contribution in [0.1, 0.15) is 54.2 Å². The molecule has 1 aliphatic rings. The number of carbonyl (C=O) groups is 1. The van der Waals surface area contributed by atoms with Gasteiger partial charge < -0.3 is 5.32 Å². The van der Waals surface area contributed by atoms with Crippen LogP contribution < -0.4 is 5.32 Å². The first-order valence-corrected chi connectivity index (χ1v) is 12.0. The average molecular weight is 491 g/mol. The summed E-state index contributed by atoms with van der Waals surface area (Å²) in [5, 5.41) is 9.50. The summed E-state index contributed by atoms with van der Waals surface area (Å²) >= 11 is 18.7. The Labute approximate surface area is 203 Å². The van der Waals surface area contributed by atoms with Gasteiger partial charge in [-0.3, -0.25) is 9.48 Å². The first-order valence-electron chi connectivity index (χ1n) is 10.9. The summed E-state index contributed by atoms with van der Waals surface area (Å²) in [6.45, 7) is 4.64. The van der Waals surface area contributed by atoms with Gasteiger partial charge in [-0.2, -0.15) is 5.10 Å². The fourth-order valence-corrected chi connectivity index (χ4v) is 4.72. The zero-order valence-electron chi connectivity index (χ0n) is 18.2. The molecule has 0 bridgehead atoms. The van der Waals surface area contributed by atoms with E-state index >= 15 is 0 Å². The van der Waals surface area contributed by atoms with Crippen LogP contribution in [0.3, 0.4) is 0 Å². The van der Waals surface area contributed by atoms with Gasteiger partial charge in [0.2, 0.25) is 0 Å². The van der Waals surface area contributed by atoms with Crippen molar-refractivity contribution in [1.82, 2.24) is 15.1 Å². The lowest BCUT2D eigenvalue weighted by molar-refractivity contribution is 0.0904. The lowest BCUT2D eigenvalue weighted by atomic mass is 9.86. The monoisotopic (exact) mass is 489 g/mol. The SMILES string of the molecule is Cc1ccc(Cn2nc(C(=O)NC3CCCCC3C)cc2-c2ccc(Cl)c(Cl)c2)cc1Cl.